The van der Waals surface area contributed by atoms with E-state index in [4.69, 9.17) is 21.1 Å². The molecule has 1 aromatic carbocycles. The number of benzene rings is 1. The third kappa shape index (κ3) is 3.07. The highest BCUT2D eigenvalue weighted by atomic mass is 79.9. The van der Waals surface area contributed by atoms with Gasteiger partial charge in [-0.2, -0.15) is 0 Å². The van der Waals surface area contributed by atoms with Crippen LogP contribution in [-0.2, 0) is 12.0 Å². The first-order valence-electron chi connectivity index (χ1n) is 9.15. The number of aliphatic hydroxyl groups is 1. The molecule has 0 amide bonds. The average Bonchev–Trinajstić information content (AvgIpc) is 2.87. The van der Waals surface area contributed by atoms with Gasteiger partial charge in [0.25, 0.3) is 0 Å². The van der Waals surface area contributed by atoms with E-state index in [0.29, 0.717) is 12.3 Å². The summed E-state index contributed by atoms with van der Waals surface area (Å²) in [5.41, 5.74) is 2.48. The van der Waals surface area contributed by atoms with E-state index in [2.05, 4.69) is 19.2 Å². The Balaban J connectivity index is 0.00000196. The number of aliphatic hydroxyl groups excluding tert-OH is 1. The maximum absolute atomic E-state index is 10.1. The first kappa shape index (κ1) is 20.0. The van der Waals surface area contributed by atoms with Crippen molar-refractivity contribution in [2.75, 3.05) is 33.1 Å². The van der Waals surface area contributed by atoms with E-state index in [1.54, 1.807) is 7.11 Å². The van der Waals surface area contributed by atoms with Crippen LogP contribution in [0.25, 0.3) is 0 Å². The lowest BCUT2D eigenvalue weighted by atomic mass is 9.69. The minimum absolute atomic E-state index is 0. The lowest BCUT2D eigenvalue weighted by Crippen LogP contribution is -3.00. The molecule has 2 aliphatic heterocycles. The van der Waals surface area contributed by atoms with Gasteiger partial charge < -0.3 is 36.0 Å². The van der Waals surface area contributed by atoms with Gasteiger partial charge in [0.15, 0.2) is 11.5 Å². The Morgan fingerprint density at radius 1 is 1.42 bits per heavy atom. The van der Waals surface area contributed by atoms with Gasteiger partial charge in [0, 0.05) is 36.3 Å². The summed E-state index contributed by atoms with van der Waals surface area (Å²) in [5.74, 6) is 2.39. The number of quaternary nitrogens is 1. The minimum Gasteiger partial charge on any atom is -1.00 e. The predicted octanol–water partition coefficient (Wildman–Crippen LogP) is -0.00200. The number of ether oxygens (including phenoxy) is 2. The molecule has 4 nitrogen and oxygen atoms in total. The number of halogens is 2. The van der Waals surface area contributed by atoms with Gasteiger partial charge in [-0.15, -0.1) is 11.6 Å². The zero-order valence-corrected chi connectivity index (χ0v) is 17.7. The van der Waals surface area contributed by atoms with Gasteiger partial charge in [-0.25, -0.2) is 0 Å². The highest BCUT2D eigenvalue weighted by molar-refractivity contribution is 6.17. The summed E-state index contributed by atoms with van der Waals surface area (Å²) in [6.45, 7) is 3.14. The third-order valence-electron chi connectivity index (χ3n) is 6.25. The second-order valence-corrected chi connectivity index (χ2v) is 8.34. The zero-order chi connectivity index (χ0) is 17.7. The fourth-order valence-electron chi connectivity index (χ4n) is 4.91. The summed E-state index contributed by atoms with van der Waals surface area (Å²) in [7, 11) is 4.02. The summed E-state index contributed by atoms with van der Waals surface area (Å²) in [6.07, 6.45) is 6.39. The third-order valence-corrected chi connectivity index (χ3v) is 6.52. The molecule has 3 unspecified atom stereocenters. The molecule has 0 saturated carbocycles. The van der Waals surface area contributed by atoms with E-state index in [9.17, 15) is 5.11 Å². The van der Waals surface area contributed by atoms with Crippen molar-refractivity contribution in [2.45, 2.75) is 43.4 Å². The maximum atomic E-state index is 10.1. The largest absolute Gasteiger partial charge is 1.00 e. The first-order valence-corrected chi connectivity index (χ1v) is 9.69. The van der Waals surface area contributed by atoms with Gasteiger partial charge in [-0.3, -0.25) is 0 Å². The van der Waals surface area contributed by atoms with Gasteiger partial charge >= 0.3 is 0 Å². The maximum Gasteiger partial charge on any atom is 0.166 e. The molecule has 0 saturated heterocycles. The van der Waals surface area contributed by atoms with Crippen molar-refractivity contribution in [2.24, 2.45) is 0 Å². The molecule has 0 fully saturated rings. The minimum atomic E-state index is -0.431. The quantitative estimate of drug-likeness (QED) is 0.404. The van der Waals surface area contributed by atoms with Crippen LogP contribution in [0.15, 0.2) is 24.3 Å². The van der Waals surface area contributed by atoms with Crippen molar-refractivity contribution in [1.29, 1.82) is 0 Å². The van der Waals surface area contributed by atoms with E-state index in [1.807, 2.05) is 12.1 Å². The Morgan fingerprint density at radius 3 is 2.96 bits per heavy atom. The fourth-order valence-corrected chi connectivity index (χ4v) is 5.03. The smallest absolute Gasteiger partial charge is 0.166 e. The molecule has 4 rings (SSSR count). The normalized spacial score (nSPS) is 34.2. The second-order valence-electron chi connectivity index (χ2n) is 7.96. The monoisotopic (exact) mass is 443 g/mol. The van der Waals surface area contributed by atoms with Crippen molar-refractivity contribution in [1.82, 2.24) is 0 Å². The van der Waals surface area contributed by atoms with Crippen LogP contribution in [0, 0.1) is 0 Å². The number of hydrogen-bond donors (Lipinski definition) is 1. The van der Waals surface area contributed by atoms with Gasteiger partial charge in [-0.05, 0) is 12.1 Å². The van der Waals surface area contributed by atoms with Crippen LogP contribution in [0.5, 0.6) is 11.5 Å². The zero-order valence-electron chi connectivity index (χ0n) is 15.4. The second kappa shape index (κ2) is 7.34. The highest BCUT2D eigenvalue weighted by Gasteiger charge is 2.54. The Morgan fingerprint density at radius 2 is 2.23 bits per heavy atom. The van der Waals surface area contributed by atoms with Crippen LogP contribution in [0.4, 0.5) is 0 Å². The van der Waals surface area contributed by atoms with Crippen molar-refractivity contribution >= 4 is 11.6 Å². The van der Waals surface area contributed by atoms with Gasteiger partial charge in [0.05, 0.1) is 38.8 Å². The Kier molecular flexibility index (Phi) is 5.65. The van der Waals surface area contributed by atoms with E-state index in [0.717, 1.165) is 48.5 Å². The number of nitrogens with zero attached hydrogens (tertiary/aromatic N) is 1. The Hall–Kier alpha value is -0.750. The molecular weight excluding hydrogens is 418 g/mol. The Bertz CT molecular complexity index is 713. The SMILES string of the molecule is COc1ccc2c3c1O[C@@H]1CC(O)C=CC31CC[N+](C)(CCCCl)C2.[Br-]. The van der Waals surface area contributed by atoms with Crippen molar-refractivity contribution in [3.63, 3.8) is 0 Å². The molecule has 26 heavy (non-hydrogen) atoms. The fraction of sp³-hybridized carbons (Fsp3) is 0.600. The van der Waals surface area contributed by atoms with Crippen molar-refractivity contribution in [3.8, 4) is 11.5 Å². The van der Waals surface area contributed by atoms with E-state index in [-0.39, 0.29) is 28.5 Å². The molecule has 3 aliphatic rings. The summed E-state index contributed by atoms with van der Waals surface area (Å²) in [4.78, 5) is 0. The van der Waals surface area contributed by atoms with Gasteiger partial charge in [-0.1, -0.05) is 12.2 Å². The number of rotatable bonds is 4. The molecule has 0 aromatic heterocycles. The summed E-state index contributed by atoms with van der Waals surface area (Å²) in [5, 5.41) is 10.1. The molecule has 1 aliphatic carbocycles. The number of alkyl halides is 1. The van der Waals surface area contributed by atoms with Gasteiger partial charge in [0.2, 0.25) is 0 Å². The molecule has 6 heteroatoms. The van der Waals surface area contributed by atoms with Crippen LogP contribution >= 0.6 is 11.6 Å². The molecule has 4 atom stereocenters. The van der Waals surface area contributed by atoms with Crippen molar-refractivity contribution < 1.29 is 36.0 Å². The number of methoxy groups -OCH3 is 1. The summed E-state index contributed by atoms with van der Waals surface area (Å²) >= 11 is 5.97. The molecule has 144 valence electrons. The molecule has 1 N–H and O–H groups in total. The molecular formula is C20H27BrClNO3. The van der Waals surface area contributed by atoms with Crippen LogP contribution in [0.2, 0.25) is 0 Å². The van der Waals surface area contributed by atoms with Gasteiger partial charge in [0.1, 0.15) is 12.6 Å². The van der Waals surface area contributed by atoms with Crippen LogP contribution in [0.3, 0.4) is 0 Å². The molecule has 0 radical (unpaired) electrons. The first-order chi connectivity index (χ1) is 12.0. The predicted molar refractivity (Wildman–Crippen MR) is 98.4 cm³/mol. The Labute approximate surface area is 171 Å². The van der Waals surface area contributed by atoms with Crippen molar-refractivity contribution in [3.05, 3.63) is 35.4 Å². The average molecular weight is 445 g/mol. The molecule has 1 aromatic rings. The van der Waals surface area contributed by atoms with E-state index < -0.39 is 6.10 Å². The van der Waals surface area contributed by atoms with Crippen LogP contribution in [-0.4, -0.2) is 54.9 Å². The standard InChI is InChI=1S/C20H27ClNO3.BrH/c1-22(10-3-9-21)11-8-20-7-6-15(23)12-17(20)25-19-16(24-2)5-4-14(13-22)18(19)20;/h4-7,15,17,23H,3,8-13H2,1-2H3;1H/q+1;/p-1/t15?,17-,20?,22?;/m1./s1. The van der Waals surface area contributed by atoms with Crippen LogP contribution in [0.1, 0.15) is 30.4 Å². The lowest BCUT2D eigenvalue weighted by Gasteiger charge is -2.37. The van der Waals surface area contributed by atoms with E-state index >= 15 is 0 Å². The van der Waals surface area contributed by atoms with Crippen LogP contribution < -0.4 is 26.5 Å². The summed E-state index contributed by atoms with van der Waals surface area (Å²) in [6, 6.07) is 4.23. The summed E-state index contributed by atoms with van der Waals surface area (Å²) < 4.78 is 12.9. The lowest BCUT2D eigenvalue weighted by molar-refractivity contribution is -0.922. The molecule has 0 bridgehead atoms. The topological polar surface area (TPSA) is 38.7 Å². The number of hydrogen-bond acceptors (Lipinski definition) is 3. The molecule has 1 spiro atoms. The van der Waals surface area contributed by atoms with E-state index in [1.165, 1.54) is 11.1 Å². The highest BCUT2D eigenvalue weighted by Crippen LogP contribution is 2.56. The molecule has 2 heterocycles.